The van der Waals surface area contributed by atoms with Crippen molar-refractivity contribution in [2.45, 2.75) is 286 Å². The molecule has 14 atom stereocenters. The maximum absolute atomic E-state index is 13.6. The number of hydrogen-bond donors (Lipinski definition) is 9. The van der Waals surface area contributed by atoms with E-state index in [-0.39, 0.29) is 24.5 Å². The zero-order chi connectivity index (χ0) is 55.1. The monoisotopic (exact) mass is 1120 g/mol. The molecule has 0 aliphatic carbocycles. The van der Waals surface area contributed by atoms with Gasteiger partial charge in [0.2, 0.25) is 0 Å². The highest BCUT2D eigenvalue weighted by molar-refractivity contribution is 7.92. The van der Waals surface area contributed by atoms with Gasteiger partial charge in [-0.05, 0) is 12.8 Å². The van der Waals surface area contributed by atoms with Crippen molar-refractivity contribution < 1.29 is 91.2 Å². The largest absolute Gasteiger partial charge is 0.394 e. The van der Waals surface area contributed by atoms with Crippen LogP contribution < -0.4 is 0 Å². The molecular weight excluding hydrogens is 1020 g/mol. The topological polar surface area (TPSA) is 306 Å². The number of hydrogen-bond acceptors (Lipinski definition) is 19. The van der Waals surface area contributed by atoms with Gasteiger partial charge in [-0.1, -0.05) is 181 Å². The quantitative estimate of drug-likeness (QED) is 0.0367. The molecule has 3 aliphatic heterocycles. The minimum absolute atomic E-state index is 0.0871. The smallest absolute Gasteiger partial charge is 0.187 e. The summed E-state index contributed by atoms with van der Waals surface area (Å²) in [7, 11) is -7.42. The molecule has 9 N–H and O–H groups in total. The number of aliphatic hydroxyl groups excluding tert-OH is 9. The van der Waals surface area contributed by atoms with Crippen LogP contribution in [0.3, 0.4) is 0 Å². The van der Waals surface area contributed by atoms with Gasteiger partial charge in [-0.3, -0.25) is 0 Å². The summed E-state index contributed by atoms with van der Waals surface area (Å²) < 4.78 is 88.7. The molecule has 3 rings (SSSR count). The molecule has 19 nitrogen and oxygen atoms in total. The van der Waals surface area contributed by atoms with E-state index >= 15 is 0 Å². The molecule has 75 heavy (non-hydrogen) atoms. The molecule has 3 heterocycles. The predicted molar refractivity (Wildman–Crippen MR) is 285 cm³/mol. The number of rotatable bonds is 44. The Bertz CT molecular complexity index is 1580. The van der Waals surface area contributed by atoms with Crippen molar-refractivity contribution in [3.8, 4) is 0 Å². The molecule has 0 bridgehead atoms. The van der Waals surface area contributed by atoms with Gasteiger partial charge >= 0.3 is 0 Å². The van der Waals surface area contributed by atoms with E-state index in [0.29, 0.717) is 12.8 Å². The Kier molecular flexibility index (Phi) is 35.5. The van der Waals surface area contributed by atoms with Gasteiger partial charge in [0.25, 0.3) is 0 Å². The standard InChI is InChI=1S/C54H104O19S2/c1-3-5-7-9-11-13-15-17-19-21-23-25-27-29-31-74(64,65)38-40(39-75(66,67)32-30-28-26-24-22-20-18-16-14-12-10-8-6-4-2)37-68-52-41(58)33-42(43(34-55)70-52)69-53-50(63)48(61)51(45(36-57)72-53)73-54-49(62)47(60)46(59)44(35-56)71-54/h40-63H,3-39H2,1-2H3/t41-,42+,43-,44-,45-,46+,47+,48-,49-,50-,51+,52-,53-,54-/m1/s1. The highest BCUT2D eigenvalue weighted by Crippen LogP contribution is 2.33. The van der Waals surface area contributed by atoms with Gasteiger partial charge < -0.3 is 74.4 Å². The van der Waals surface area contributed by atoms with Crippen molar-refractivity contribution >= 4 is 19.7 Å². The summed E-state index contributed by atoms with van der Waals surface area (Å²) in [4.78, 5) is 0. The predicted octanol–water partition coefficient (Wildman–Crippen LogP) is 4.89. The first-order valence-electron chi connectivity index (χ1n) is 29.2. The lowest BCUT2D eigenvalue weighted by Gasteiger charge is -2.47. The van der Waals surface area contributed by atoms with Crippen molar-refractivity contribution in [1.29, 1.82) is 0 Å². The Morgan fingerprint density at radius 1 is 0.427 bits per heavy atom. The summed E-state index contributed by atoms with van der Waals surface area (Å²) >= 11 is 0. The van der Waals surface area contributed by atoms with Crippen LogP contribution in [0.25, 0.3) is 0 Å². The third-order valence-electron chi connectivity index (χ3n) is 15.1. The van der Waals surface area contributed by atoms with E-state index < -0.39 is 143 Å². The van der Waals surface area contributed by atoms with Gasteiger partial charge in [-0.15, -0.1) is 0 Å². The van der Waals surface area contributed by atoms with E-state index in [0.717, 1.165) is 51.4 Å². The Morgan fingerprint density at radius 3 is 1.20 bits per heavy atom. The summed E-state index contributed by atoms with van der Waals surface area (Å²) in [5, 5.41) is 94.3. The van der Waals surface area contributed by atoms with Crippen LogP contribution in [0.15, 0.2) is 0 Å². The fraction of sp³-hybridized carbons (Fsp3) is 1.00. The zero-order valence-electron chi connectivity index (χ0n) is 45.7. The van der Waals surface area contributed by atoms with Crippen LogP contribution in [0.4, 0.5) is 0 Å². The van der Waals surface area contributed by atoms with Crippen molar-refractivity contribution in [3.63, 3.8) is 0 Å². The molecule has 446 valence electrons. The molecule has 0 radical (unpaired) electrons. The van der Waals surface area contributed by atoms with Crippen LogP contribution in [-0.4, -0.2) is 198 Å². The van der Waals surface area contributed by atoms with Crippen molar-refractivity contribution in [1.82, 2.24) is 0 Å². The lowest BCUT2D eigenvalue weighted by Crippen LogP contribution is -2.65. The minimum atomic E-state index is -3.71. The summed E-state index contributed by atoms with van der Waals surface area (Å²) in [6, 6.07) is 0. The van der Waals surface area contributed by atoms with Crippen LogP contribution in [0.1, 0.15) is 200 Å². The number of ether oxygens (including phenoxy) is 6. The average molecular weight is 1120 g/mol. The van der Waals surface area contributed by atoms with Crippen LogP contribution >= 0.6 is 0 Å². The summed E-state index contributed by atoms with van der Waals surface area (Å²) in [5.74, 6) is -2.02. The average Bonchev–Trinajstić information content (AvgIpc) is 3.38. The number of sulfone groups is 2. The fourth-order valence-corrected chi connectivity index (χ4v) is 14.1. The Labute approximate surface area is 450 Å². The van der Waals surface area contributed by atoms with Crippen molar-refractivity contribution in [3.05, 3.63) is 0 Å². The molecular formula is C54H104O19S2. The lowest BCUT2D eigenvalue weighted by molar-refractivity contribution is -0.371. The zero-order valence-corrected chi connectivity index (χ0v) is 47.4. The molecule has 0 aromatic carbocycles. The van der Waals surface area contributed by atoms with Crippen LogP contribution in [0.2, 0.25) is 0 Å². The van der Waals surface area contributed by atoms with Gasteiger partial charge in [0, 0.05) is 12.3 Å². The molecule has 3 aliphatic rings. The first kappa shape index (κ1) is 68.6. The summed E-state index contributed by atoms with van der Waals surface area (Å²) in [5.41, 5.74) is 0. The van der Waals surface area contributed by atoms with E-state index in [9.17, 15) is 62.8 Å². The minimum Gasteiger partial charge on any atom is -0.394 e. The lowest BCUT2D eigenvalue weighted by atomic mass is 9.96. The molecule has 3 fully saturated rings. The van der Waals surface area contributed by atoms with Crippen LogP contribution in [0.5, 0.6) is 0 Å². The summed E-state index contributed by atoms with van der Waals surface area (Å²) in [6.45, 7) is 1.80. The Hall–Kier alpha value is -0.700. The molecule has 3 saturated heterocycles. The first-order valence-corrected chi connectivity index (χ1v) is 32.9. The van der Waals surface area contributed by atoms with E-state index in [4.69, 9.17) is 28.4 Å². The third-order valence-corrected chi connectivity index (χ3v) is 18.8. The normalized spacial score (nSPS) is 29.9. The Morgan fingerprint density at radius 2 is 0.787 bits per heavy atom. The van der Waals surface area contributed by atoms with E-state index in [1.54, 1.807) is 0 Å². The highest BCUT2D eigenvalue weighted by Gasteiger charge is 2.52. The molecule has 0 amide bonds. The molecule has 0 aromatic heterocycles. The van der Waals surface area contributed by atoms with Crippen molar-refractivity contribution in [2.75, 3.05) is 49.4 Å². The second-order valence-corrected chi connectivity index (χ2v) is 26.3. The molecule has 0 spiro atoms. The van der Waals surface area contributed by atoms with Crippen LogP contribution in [-0.2, 0) is 48.1 Å². The van der Waals surface area contributed by atoms with E-state index in [1.165, 1.54) is 116 Å². The van der Waals surface area contributed by atoms with Crippen molar-refractivity contribution in [2.24, 2.45) is 5.92 Å². The third kappa shape index (κ3) is 26.6. The molecule has 0 saturated carbocycles. The van der Waals surface area contributed by atoms with Crippen LogP contribution in [0, 0.1) is 5.92 Å². The van der Waals surface area contributed by atoms with Gasteiger partial charge in [0.05, 0.1) is 55.5 Å². The fourth-order valence-electron chi connectivity index (χ4n) is 10.4. The first-order chi connectivity index (χ1) is 36.0. The van der Waals surface area contributed by atoms with Gasteiger partial charge in [0.15, 0.2) is 38.5 Å². The van der Waals surface area contributed by atoms with E-state index in [2.05, 4.69) is 13.8 Å². The Balaban J connectivity index is 1.54. The van der Waals surface area contributed by atoms with E-state index in [1.807, 2.05) is 0 Å². The van der Waals surface area contributed by atoms with Gasteiger partial charge in [0.1, 0.15) is 61.0 Å². The van der Waals surface area contributed by atoms with Gasteiger partial charge in [-0.25, -0.2) is 16.8 Å². The number of unbranched alkanes of at least 4 members (excludes halogenated alkanes) is 26. The summed E-state index contributed by atoms with van der Waals surface area (Å²) in [6.07, 6.45) is 8.94. The number of aliphatic hydroxyl groups is 9. The second kappa shape index (κ2) is 38.9. The maximum Gasteiger partial charge on any atom is 0.187 e. The molecule has 0 unspecified atom stereocenters. The molecule has 21 heteroatoms. The SMILES string of the molecule is CCCCCCCCCCCCCCCCS(=O)(=O)CC(CO[C@@H]1O[C@H](CO)[C@@H](O[C@@H]2O[C@H](CO)[C@H](O[C@H]3O[C@H](CO)[C@H](O)[C@H](O)[C@H]3O)[C@H](O)[C@H]2O)C[C@H]1O)CS(=O)(=O)CCCCCCCCCCCCCCCC. The van der Waals surface area contributed by atoms with Gasteiger partial charge in [-0.2, -0.15) is 0 Å². The molecule has 0 aromatic rings. The maximum atomic E-state index is 13.6. The second-order valence-electron chi connectivity index (χ2n) is 21.8. The highest BCUT2D eigenvalue weighted by atomic mass is 32.2.